The minimum atomic E-state index is -0.454. The highest BCUT2D eigenvalue weighted by atomic mass is 16.2. The van der Waals surface area contributed by atoms with E-state index >= 15 is 0 Å². The van der Waals surface area contributed by atoms with Crippen LogP contribution in [0.1, 0.15) is 27.2 Å². The lowest BCUT2D eigenvalue weighted by Crippen LogP contribution is -2.40. The van der Waals surface area contributed by atoms with Crippen molar-refractivity contribution in [3.63, 3.8) is 0 Å². The highest BCUT2D eigenvalue weighted by Crippen LogP contribution is 2.24. The lowest BCUT2D eigenvalue weighted by Gasteiger charge is -2.24. The molecule has 0 radical (unpaired) electrons. The molecule has 1 saturated heterocycles. The fourth-order valence-corrected chi connectivity index (χ4v) is 1.84. The van der Waals surface area contributed by atoms with Crippen LogP contribution >= 0.6 is 0 Å². The average molecular weight is 224 g/mol. The maximum Gasteiger partial charge on any atom is 0.229 e. The van der Waals surface area contributed by atoms with Gasteiger partial charge in [-0.3, -0.25) is 4.79 Å². The van der Waals surface area contributed by atoms with Gasteiger partial charge < -0.3 is 10.2 Å². The van der Waals surface area contributed by atoms with Gasteiger partial charge in [-0.2, -0.15) is 0 Å². The third-order valence-electron chi connectivity index (χ3n) is 3.67. The second-order valence-corrected chi connectivity index (χ2v) is 5.53. The number of carbonyl (C=O) groups is 1. The highest BCUT2D eigenvalue weighted by Gasteiger charge is 2.29. The van der Waals surface area contributed by atoms with E-state index < -0.39 is 5.41 Å². The van der Waals surface area contributed by atoms with E-state index in [0.29, 0.717) is 5.92 Å². The molecule has 0 aliphatic carbocycles. The van der Waals surface area contributed by atoms with Crippen LogP contribution in [0.5, 0.6) is 0 Å². The monoisotopic (exact) mass is 224 g/mol. The van der Waals surface area contributed by atoms with Crippen LogP contribution in [-0.2, 0) is 4.79 Å². The Kier molecular flexibility index (Phi) is 4.14. The molecule has 1 aliphatic heterocycles. The van der Waals surface area contributed by atoms with Gasteiger partial charge in [0.05, 0.1) is 5.41 Å². The van der Waals surface area contributed by atoms with Crippen molar-refractivity contribution in [2.24, 2.45) is 11.3 Å². The van der Waals surface area contributed by atoms with Crippen LogP contribution in [-0.4, -0.2) is 37.5 Å². The number of hydrogen-bond donors (Lipinski definition) is 1. The Labute approximate surface area is 98.9 Å². The van der Waals surface area contributed by atoms with Crippen molar-refractivity contribution in [1.82, 2.24) is 10.2 Å². The average Bonchev–Trinajstić information content (AvgIpc) is 2.60. The molecule has 0 aromatic carbocycles. The minimum Gasteiger partial charge on any atom is -0.355 e. The second-order valence-electron chi connectivity index (χ2n) is 5.53. The molecule has 0 saturated carbocycles. The Balaban J connectivity index is 2.38. The van der Waals surface area contributed by atoms with Crippen LogP contribution in [0.25, 0.3) is 0 Å². The molecule has 92 valence electrons. The summed E-state index contributed by atoms with van der Waals surface area (Å²) in [6.07, 6.45) is 1.18. The molecule has 0 aromatic heterocycles. The standard InChI is InChI=1S/C13H24N2O/c1-10(2)13(3,4)12(16)14-8-11-6-7-15(5)9-11/h11H,1,6-9H2,2-5H3,(H,14,16)/t11-/m1/s1. The van der Waals surface area contributed by atoms with Crippen molar-refractivity contribution < 1.29 is 4.79 Å². The number of nitrogens with one attached hydrogen (secondary N) is 1. The molecule has 1 atom stereocenters. The van der Waals surface area contributed by atoms with Crippen molar-refractivity contribution in [3.05, 3.63) is 12.2 Å². The van der Waals surface area contributed by atoms with Crippen LogP contribution in [0.3, 0.4) is 0 Å². The summed E-state index contributed by atoms with van der Waals surface area (Å²) in [6, 6.07) is 0. The Morgan fingerprint density at radius 3 is 2.62 bits per heavy atom. The topological polar surface area (TPSA) is 32.3 Å². The molecule has 1 aliphatic rings. The summed E-state index contributed by atoms with van der Waals surface area (Å²) in [5.74, 6) is 0.699. The first-order valence-corrected chi connectivity index (χ1v) is 5.97. The first-order valence-electron chi connectivity index (χ1n) is 5.97. The van der Waals surface area contributed by atoms with Crippen molar-refractivity contribution in [2.45, 2.75) is 27.2 Å². The van der Waals surface area contributed by atoms with Gasteiger partial charge in [0, 0.05) is 13.1 Å². The zero-order valence-electron chi connectivity index (χ0n) is 11.0. The molecule has 1 amide bonds. The van der Waals surface area contributed by atoms with Crippen molar-refractivity contribution in [1.29, 1.82) is 0 Å². The van der Waals surface area contributed by atoms with Gasteiger partial charge in [-0.25, -0.2) is 0 Å². The summed E-state index contributed by atoms with van der Waals surface area (Å²) in [5.41, 5.74) is 0.457. The summed E-state index contributed by atoms with van der Waals surface area (Å²) in [5, 5.41) is 3.04. The van der Waals surface area contributed by atoms with E-state index in [2.05, 4.69) is 23.8 Å². The largest absolute Gasteiger partial charge is 0.355 e. The molecule has 0 bridgehead atoms. The van der Waals surface area contributed by atoms with Crippen LogP contribution in [0.15, 0.2) is 12.2 Å². The second kappa shape index (κ2) is 5.00. The van der Waals surface area contributed by atoms with Gasteiger partial charge >= 0.3 is 0 Å². The Morgan fingerprint density at radius 1 is 1.56 bits per heavy atom. The van der Waals surface area contributed by atoms with Crippen molar-refractivity contribution in [3.8, 4) is 0 Å². The summed E-state index contributed by atoms with van der Waals surface area (Å²) in [6.45, 7) is 12.6. The number of amides is 1. The number of likely N-dealkylation sites (tertiary alicyclic amines) is 1. The summed E-state index contributed by atoms with van der Waals surface area (Å²) in [7, 11) is 2.12. The number of nitrogens with zero attached hydrogens (tertiary/aromatic N) is 1. The smallest absolute Gasteiger partial charge is 0.229 e. The molecule has 1 fully saturated rings. The van der Waals surface area contributed by atoms with E-state index in [4.69, 9.17) is 0 Å². The molecule has 3 heteroatoms. The predicted molar refractivity (Wildman–Crippen MR) is 67.2 cm³/mol. The van der Waals surface area contributed by atoms with Gasteiger partial charge in [-0.1, -0.05) is 12.2 Å². The van der Waals surface area contributed by atoms with Crippen LogP contribution in [0.2, 0.25) is 0 Å². The van der Waals surface area contributed by atoms with Crippen LogP contribution in [0.4, 0.5) is 0 Å². The minimum absolute atomic E-state index is 0.0922. The summed E-state index contributed by atoms with van der Waals surface area (Å²) >= 11 is 0. The lowest BCUT2D eigenvalue weighted by atomic mass is 9.85. The van der Waals surface area contributed by atoms with E-state index in [1.165, 1.54) is 6.42 Å². The van der Waals surface area contributed by atoms with Crippen molar-refractivity contribution in [2.75, 3.05) is 26.7 Å². The Bertz CT molecular complexity index is 284. The van der Waals surface area contributed by atoms with Gasteiger partial charge in [-0.05, 0) is 46.7 Å². The molecule has 1 heterocycles. The predicted octanol–water partition coefficient (Wildman–Crippen LogP) is 1.66. The Morgan fingerprint density at radius 2 is 2.19 bits per heavy atom. The van der Waals surface area contributed by atoms with Crippen molar-refractivity contribution >= 4 is 5.91 Å². The highest BCUT2D eigenvalue weighted by molar-refractivity contribution is 5.84. The SMILES string of the molecule is C=C(C)C(C)(C)C(=O)NC[C@H]1CCN(C)C1. The molecule has 1 rings (SSSR count). The zero-order valence-corrected chi connectivity index (χ0v) is 11.0. The third kappa shape index (κ3) is 3.08. The Hall–Kier alpha value is -0.830. The van der Waals surface area contributed by atoms with Crippen LogP contribution in [0, 0.1) is 11.3 Å². The lowest BCUT2D eigenvalue weighted by molar-refractivity contribution is -0.127. The molecule has 0 spiro atoms. The van der Waals surface area contributed by atoms with E-state index in [1.807, 2.05) is 20.8 Å². The normalized spacial score (nSPS) is 22.1. The maximum absolute atomic E-state index is 12.0. The number of hydrogen-bond acceptors (Lipinski definition) is 2. The molecule has 16 heavy (non-hydrogen) atoms. The summed E-state index contributed by atoms with van der Waals surface area (Å²) < 4.78 is 0. The van der Waals surface area contributed by atoms with Gasteiger partial charge in [0.15, 0.2) is 0 Å². The fourth-order valence-electron chi connectivity index (χ4n) is 1.84. The number of rotatable bonds is 4. The van der Waals surface area contributed by atoms with Gasteiger partial charge in [0.25, 0.3) is 0 Å². The molecule has 0 unspecified atom stereocenters. The number of carbonyl (C=O) groups excluding carboxylic acids is 1. The van der Waals surface area contributed by atoms with E-state index in [0.717, 1.165) is 25.2 Å². The molecular weight excluding hydrogens is 200 g/mol. The third-order valence-corrected chi connectivity index (χ3v) is 3.67. The van der Waals surface area contributed by atoms with E-state index in [1.54, 1.807) is 0 Å². The quantitative estimate of drug-likeness (QED) is 0.737. The van der Waals surface area contributed by atoms with E-state index in [9.17, 15) is 4.79 Å². The van der Waals surface area contributed by atoms with Gasteiger partial charge in [-0.15, -0.1) is 0 Å². The zero-order chi connectivity index (χ0) is 12.3. The van der Waals surface area contributed by atoms with E-state index in [-0.39, 0.29) is 5.91 Å². The van der Waals surface area contributed by atoms with Crippen LogP contribution < -0.4 is 5.32 Å². The first-order chi connectivity index (χ1) is 7.34. The maximum atomic E-state index is 12.0. The molecular formula is C13H24N2O. The molecule has 3 nitrogen and oxygen atoms in total. The van der Waals surface area contributed by atoms with Gasteiger partial charge in [0.2, 0.25) is 5.91 Å². The summed E-state index contributed by atoms with van der Waals surface area (Å²) in [4.78, 5) is 14.3. The van der Waals surface area contributed by atoms with Gasteiger partial charge in [0.1, 0.15) is 0 Å². The molecule has 0 aromatic rings. The first kappa shape index (κ1) is 13.2. The molecule has 1 N–H and O–H groups in total. The fraction of sp³-hybridized carbons (Fsp3) is 0.769.